The highest BCUT2D eigenvalue weighted by molar-refractivity contribution is 5.99. The van der Waals surface area contributed by atoms with E-state index in [0.717, 1.165) is 16.7 Å². The molecule has 148 valence electrons. The fourth-order valence-corrected chi connectivity index (χ4v) is 3.46. The van der Waals surface area contributed by atoms with Crippen LogP contribution in [0.2, 0.25) is 0 Å². The molecule has 5 nitrogen and oxygen atoms in total. The summed E-state index contributed by atoms with van der Waals surface area (Å²) in [5.41, 5.74) is 3.71. The van der Waals surface area contributed by atoms with Crippen molar-refractivity contribution in [3.63, 3.8) is 0 Å². The summed E-state index contributed by atoms with van der Waals surface area (Å²) in [6, 6.07) is 8.10. The topological polar surface area (TPSA) is 71.8 Å². The quantitative estimate of drug-likeness (QED) is 0.786. The van der Waals surface area contributed by atoms with Crippen molar-refractivity contribution in [1.29, 1.82) is 0 Å². The van der Waals surface area contributed by atoms with Crippen LogP contribution in [0.4, 0.5) is 4.39 Å². The third-order valence-electron chi connectivity index (χ3n) is 4.82. The molecule has 0 amide bonds. The van der Waals surface area contributed by atoms with Gasteiger partial charge >= 0.3 is 0 Å². The van der Waals surface area contributed by atoms with Crippen molar-refractivity contribution in [1.82, 2.24) is 4.98 Å². The lowest BCUT2D eigenvalue weighted by Crippen LogP contribution is -2.15. The first-order valence-electron chi connectivity index (χ1n) is 9.54. The van der Waals surface area contributed by atoms with Crippen molar-refractivity contribution in [2.75, 3.05) is 6.61 Å². The number of aliphatic hydroxyl groups is 1. The van der Waals surface area contributed by atoms with Crippen molar-refractivity contribution in [2.24, 2.45) is 4.99 Å². The van der Waals surface area contributed by atoms with Gasteiger partial charge in [0.05, 0.1) is 30.5 Å². The molecule has 6 heteroatoms. The third kappa shape index (κ3) is 4.44. The van der Waals surface area contributed by atoms with E-state index in [9.17, 15) is 14.3 Å². The second kappa shape index (κ2) is 8.61. The zero-order valence-electron chi connectivity index (χ0n) is 16.4. The molecule has 2 atom stereocenters. The number of pyridine rings is 1. The number of Topliss-reactive ketones (excluding diaryl/α,β-unsaturated/α-hetero) is 1. The number of halogens is 1. The number of carbonyl (C=O) groups is 1. The van der Waals surface area contributed by atoms with Gasteiger partial charge in [-0.1, -0.05) is 19.1 Å². The molecule has 1 aliphatic rings. The van der Waals surface area contributed by atoms with E-state index < -0.39 is 6.10 Å². The molecule has 2 heterocycles. The van der Waals surface area contributed by atoms with Crippen LogP contribution in [0.25, 0.3) is 0 Å². The van der Waals surface area contributed by atoms with Crippen molar-refractivity contribution < 1.29 is 19.0 Å². The summed E-state index contributed by atoms with van der Waals surface area (Å²) in [7, 11) is 0. The smallest absolute Gasteiger partial charge is 0.218 e. The van der Waals surface area contributed by atoms with Gasteiger partial charge in [0.15, 0.2) is 0 Å². The molecule has 1 aromatic carbocycles. The Hall–Kier alpha value is -2.60. The Morgan fingerprint density at radius 1 is 1.29 bits per heavy atom. The molecule has 0 saturated heterocycles. The zero-order chi connectivity index (χ0) is 20.3. The van der Waals surface area contributed by atoms with Gasteiger partial charge in [-0.2, -0.15) is 0 Å². The number of fused-ring (bicyclic) bond motifs is 1. The molecule has 2 aromatic rings. The Kier molecular flexibility index (Phi) is 6.19. The van der Waals surface area contributed by atoms with Crippen LogP contribution in [0, 0.1) is 5.82 Å². The van der Waals surface area contributed by atoms with Crippen molar-refractivity contribution in [3.05, 3.63) is 64.2 Å². The standard InChI is InChI=1S/C22H25FN2O3/c1-4-28-22-20-16(12-24-22)10-18(25-21(20)14(3)26)11-19(27)9-13(2)15-5-7-17(23)8-6-15/h5-8,10,13-14,26H,4,9,11-12H2,1-3H3/t13-,14+/m0/s1. The summed E-state index contributed by atoms with van der Waals surface area (Å²) < 4.78 is 18.6. The maximum Gasteiger partial charge on any atom is 0.218 e. The monoisotopic (exact) mass is 384 g/mol. The second-order valence-electron chi connectivity index (χ2n) is 7.14. The summed E-state index contributed by atoms with van der Waals surface area (Å²) in [5, 5.41) is 10.2. The highest BCUT2D eigenvalue weighted by Gasteiger charge is 2.26. The number of hydrogen-bond acceptors (Lipinski definition) is 5. The second-order valence-corrected chi connectivity index (χ2v) is 7.14. The molecule has 28 heavy (non-hydrogen) atoms. The van der Waals surface area contributed by atoms with Crippen LogP contribution < -0.4 is 0 Å². The number of carbonyl (C=O) groups excluding carboxylic acids is 1. The molecular weight excluding hydrogens is 359 g/mol. The van der Waals surface area contributed by atoms with Gasteiger partial charge in [-0.05, 0) is 49.1 Å². The van der Waals surface area contributed by atoms with E-state index in [2.05, 4.69) is 9.98 Å². The first-order chi connectivity index (χ1) is 13.4. The largest absolute Gasteiger partial charge is 0.478 e. The molecular formula is C22H25FN2O3. The maximum atomic E-state index is 13.1. The Bertz CT molecular complexity index is 891. The molecule has 1 aliphatic heterocycles. The minimum Gasteiger partial charge on any atom is -0.478 e. The number of ether oxygens (including phenoxy) is 1. The molecule has 0 radical (unpaired) electrons. The lowest BCUT2D eigenvalue weighted by molar-refractivity contribution is -0.118. The van der Waals surface area contributed by atoms with E-state index >= 15 is 0 Å². The number of rotatable bonds is 7. The van der Waals surface area contributed by atoms with Crippen LogP contribution in [-0.2, 0) is 22.5 Å². The van der Waals surface area contributed by atoms with Gasteiger partial charge in [0, 0.05) is 18.5 Å². The first kappa shape index (κ1) is 20.1. The molecule has 0 bridgehead atoms. The highest BCUT2D eigenvalue weighted by Crippen LogP contribution is 2.28. The van der Waals surface area contributed by atoms with Gasteiger partial charge < -0.3 is 9.84 Å². The highest BCUT2D eigenvalue weighted by atomic mass is 19.1. The Morgan fingerprint density at radius 2 is 2.00 bits per heavy atom. The van der Waals surface area contributed by atoms with Crippen LogP contribution in [0.3, 0.4) is 0 Å². The Labute approximate surface area is 164 Å². The van der Waals surface area contributed by atoms with Crippen molar-refractivity contribution in [2.45, 2.75) is 52.2 Å². The van der Waals surface area contributed by atoms with Crippen molar-refractivity contribution in [3.8, 4) is 0 Å². The molecule has 0 spiro atoms. The number of benzene rings is 1. The predicted molar refractivity (Wildman–Crippen MR) is 105 cm³/mol. The summed E-state index contributed by atoms with van der Waals surface area (Å²) in [6.07, 6.45) is -0.261. The van der Waals surface area contributed by atoms with Gasteiger partial charge in [0.2, 0.25) is 5.90 Å². The summed E-state index contributed by atoms with van der Waals surface area (Å²) in [5.74, 6) is 0.254. The summed E-state index contributed by atoms with van der Waals surface area (Å²) in [4.78, 5) is 21.5. The minimum absolute atomic E-state index is 0.00773. The van der Waals surface area contributed by atoms with Crippen LogP contribution in [-0.4, -0.2) is 28.4 Å². The zero-order valence-corrected chi connectivity index (χ0v) is 16.4. The average molecular weight is 384 g/mol. The number of ketones is 1. The van der Waals surface area contributed by atoms with E-state index in [0.29, 0.717) is 36.9 Å². The van der Waals surface area contributed by atoms with Crippen LogP contribution >= 0.6 is 0 Å². The van der Waals surface area contributed by atoms with E-state index in [-0.39, 0.29) is 23.9 Å². The average Bonchev–Trinajstić information content (AvgIpc) is 3.04. The van der Waals surface area contributed by atoms with Crippen LogP contribution in [0.15, 0.2) is 35.3 Å². The first-order valence-corrected chi connectivity index (χ1v) is 9.54. The minimum atomic E-state index is -0.786. The summed E-state index contributed by atoms with van der Waals surface area (Å²) in [6.45, 7) is 6.42. The Balaban J connectivity index is 1.75. The van der Waals surface area contributed by atoms with E-state index in [1.165, 1.54) is 12.1 Å². The van der Waals surface area contributed by atoms with Gasteiger partial charge in [-0.15, -0.1) is 0 Å². The van der Waals surface area contributed by atoms with Gasteiger partial charge in [-0.25, -0.2) is 9.38 Å². The normalized spacial score (nSPS) is 15.0. The maximum absolute atomic E-state index is 13.1. The summed E-state index contributed by atoms with van der Waals surface area (Å²) >= 11 is 0. The lowest BCUT2D eigenvalue weighted by atomic mass is 9.93. The van der Waals surface area contributed by atoms with E-state index in [1.807, 2.05) is 19.9 Å². The van der Waals surface area contributed by atoms with Crippen LogP contribution in [0.1, 0.15) is 67.3 Å². The predicted octanol–water partition coefficient (Wildman–Crippen LogP) is 3.88. The molecule has 0 aliphatic carbocycles. The fourth-order valence-electron chi connectivity index (χ4n) is 3.46. The van der Waals surface area contributed by atoms with Crippen molar-refractivity contribution >= 4 is 11.7 Å². The number of aromatic nitrogens is 1. The molecule has 0 unspecified atom stereocenters. The number of nitrogens with zero attached hydrogens (tertiary/aromatic N) is 2. The number of hydrogen-bond donors (Lipinski definition) is 1. The van der Waals surface area contributed by atoms with Crippen LogP contribution in [0.5, 0.6) is 0 Å². The molecule has 1 N–H and O–H groups in total. The van der Waals surface area contributed by atoms with E-state index in [1.54, 1.807) is 19.1 Å². The molecule has 0 fully saturated rings. The third-order valence-corrected chi connectivity index (χ3v) is 4.82. The number of aliphatic imine (C=N–C) groups is 1. The molecule has 1 aromatic heterocycles. The molecule has 3 rings (SSSR count). The van der Waals surface area contributed by atoms with Gasteiger partial charge in [0.1, 0.15) is 11.6 Å². The molecule has 0 saturated carbocycles. The number of aliphatic hydroxyl groups excluding tert-OH is 1. The van der Waals surface area contributed by atoms with Gasteiger partial charge in [-0.3, -0.25) is 9.78 Å². The fraction of sp³-hybridized carbons (Fsp3) is 0.409. The Morgan fingerprint density at radius 3 is 2.64 bits per heavy atom. The lowest BCUT2D eigenvalue weighted by Gasteiger charge is -2.15. The van der Waals surface area contributed by atoms with E-state index in [4.69, 9.17) is 4.74 Å². The van der Waals surface area contributed by atoms with Gasteiger partial charge in [0.25, 0.3) is 0 Å². The SMILES string of the molecule is CCOC1=NCc2cc(CC(=O)C[C@H](C)c3ccc(F)cc3)nc([C@@H](C)O)c21.